The second-order valence-electron chi connectivity index (χ2n) is 10.5. The van der Waals surface area contributed by atoms with Gasteiger partial charge in [-0.25, -0.2) is 9.69 Å². The highest BCUT2D eigenvalue weighted by Gasteiger charge is 2.49. The molecule has 4 heterocycles. The van der Waals surface area contributed by atoms with Crippen molar-refractivity contribution in [2.75, 3.05) is 33.3 Å². The van der Waals surface area contributed by atoms with Gasteiger partial charge in [0.25, 0.3) is 0 Å². The number of rotatable bonds is 7. The van der Waals surface area contributed by atoms with Crippen molar-refractivity contribution >= 4 is 17.0 Å². The number of fused-ring (bicyclic) bond motifs is 1. The van der Waals surface area contributed by atoms with Gasteiger partial charge < -0.3 is 29.0 Å². The van der Waals surface area contributed by atoms with E-state index >= 15 is 0 Å². The molecule has 1 aromatic carbocycles. The molecule has 39 heavy (non-hydrogen) atoms. The third kappa shape index (κ3) is 5.37. The molecule has 1 atom stereocenters. The molecule has 1 unspecified atom stereocenters. The molecule has 2 aromatic rings. The number of carbonyl (C=O) groups excluding carboxylic acids is 1. The summed E-state index contributed by atoms with van der Waals surface area (Å²) in [6.45, 7) is 2.29. The van der Waals surface area contributed by atoms with Gasteiger partial charge in [-0.2, -0.15) is 0 Å². The number of amides is 1. The van der Waals surface area contributed by atoms with Crippen LogP contribution in [0.25, 0.3) is 10.9 Å². The fourth-order valence-corrected chi connectivity index (χ4v) is 5.67. The SMILES string of the molecule is COc1ccc2nccc(C(O)CN3CCC4(CC3)CN(C3=COC=C(CC5=CC=CCC5)O3)C(=O)O4)c2c1. The summed E-state index contributed by atoms with van der Waals surface area (Å²) in [5.41, 5.74) is 2.32. The highest BCUT2D eigenvalue weighted by molar-refractivity contribution is 5.83. The van der Waals surface area contributed by atoms with Crippen molar-refractivity contribution in [2.45, 2.75) is 43.8 Å². The van der Waals surface area contributed by atoms with Crippen molar-refractivity contribution in [1.82, 2.24) is 14.8 Å². The molecule has 4 aliphatic rings. The maximum atomic E-state index is 12.9. The van der Waals surface area contributed by atoms with Crippen LogP contribution in [0.5, 0.6) is 5.75 Å². The summed E-state index contributed by atoms with van der Waals surface area (Å²) in [4.78, 5) is 21.0. The second kappa shape index (κ2) is 10.7. The predicted molar refractivity (Wildman–Crippen MR) is 144 cm³/mol. The van der Waals surface area contributed by atoms with Gasteiger partial charge in [0.15, 0.2) is 6.26 Å². The fourth-order valence-electron chi connectivity index (χ4n) is 5.67. The minimum absolute atomic E-state index is 0.360. The lowest BCUT2D eigenvalue weighted by molar-refractivity contribution is -0.0101. The number of β-amino-alcohol motifs (C(OH)–C–C–N with tert-alkyl or cyclic N) is 1. The minimum Gasteiger partial charge on any atom is -0.497 e. The monoisotopic (exact) mass is 531 g/mol. The van der Waals surface area contributed by atoms with Crippen molar-refractivity contribution in [3.63, 3.8) is 0 Å². The first kappa shape index (κ1) is 25.5. The Bertz CT molecular complexity index is 1370. The lowest BCUT2D eigenvalue weighted by Gasteiger charge is -2.38. The predicted octanol–water partition coefficient (Wildman–Crippen LogP) is 4.92. The smallest absolute Gasteiger partial charge is 0.417 e. The van der Waals surface area contributed by atoms with Crippen LogP contribution in [0.15, 0.2) is 78.4 Å². The molecule has 6 rings (SSSR count). The number of pyridine rings is 1. The molecule has 9 nitrogen and oxygen atoms in total. The number of piperidine rings is 1. The van der Waals surface area contributed by atoms with Gasteiger partial charge in [0.2, 0.25) is 5.88 Å². The average Bonchev–Trinajstić information content (AvgIpc) is 3.29. The van der Waals surface area contributed by atoms with E-state index in [0.717, 1.165) is 35.1 Å². The number of aliphatic hydroxyl groups excluding tert-OH is 1. The maximum Gasteiger partial charge on any atom is 0.417 e. The van der Waals surface area contributed by atoms with Crippen LogP contribution >= 0.6 is 0 Å². The first-order valence-corrected chi connectivity index (χ1v) is 13.4. The molecule has 2 fully saturated rings. The molecule has 2 saturated heterocycles. The van der Waals surface area contributed by atoms with E-state index in [1.807, 2.05) is 24.3 Å². The molecule has 3 aliphatic heterocycles. The average molecular weight is 532 g/mol. The van der Waals surface area contributed by atoms with Gasteiger partial charge in [-0.1, -0.05) is 23.8 Å². The van der Waals surface area contributed by atoms with Crippen LogP contribution in [0.2, 0.25) is 0 Å². The van der Waals surface area contributed by atoms with Crippen LogP contribution in [0.1, 0.15) is 43.8 Å². The summed E-state index contributed by atoms with van der Waals surface area (Å²) in [5.74, 6) is 1.76. The number of allylic oxidation sites excluding steroid dienone is 4. The Balaban J connectivity index is 1.06. The Kier molecular flexibility index (Phi) is 7.01. The number of hydrogen-bond acceptors (Lipinski definition) is 8. The zero-order valence-corrected chi connectivity index (χ0v) is 22.0. The molecule has 0 saturated carbocycles. The molecule has 204 valence electrons. The van der Waals surface area contributed by atoms with Gasteiger partial charge in [-0.15, -0.1) is 0 Å². The summed E-state index contributed by atoms with van der Waals surface area (Å²) in [6, 6.07) is 7.53. The largest absolute Gasteiger partial charge is 0.497 e. The van der Waals surface area contributed by atoms with Crippen LogP contribution in [0.3, 0.4) is 0 Å². The van der Waals surface area contributed by atoms with Crippen LogP contribution in [-0.2, 0) is 14.2 Å². The van der Waals surface area contributed by atoms with Gasteiger partial charge in [0.1, 0.15) is 23.4 Å². The first-order chi connectivity index (χ1) is 19.0. The van der Waals surface area contributed by atoms with Crippen LogP contribution in [0.4, 0.5) is 4.79 Å². The number of nitrogens with zero attached hydrogens (tertiary/aromatic N) is 3. The van der Waals surface area contributed by atoms with E-state index in [1.165, 1.54) is 16.7 Å². The number of methoxy groups -OCH3 is 1. The normalized spacial score (nSPS) is 21.5. The summed E-state index contributed by atoms with van der Waals surface area (Å²) in [6.07, 6.45) is 14.0. The number of aliphatic hydroxyl groups is 1. The fraction of sp³-hybridized carbons (Fsp3) is 0.400. The number of benzene rings is 1. The molecule has 1 aromatic heterocycles. The number of hydrogen-bond donors (Lipinski definition) is 1. The van der Waals surface area contributed by atoms with Crippen LogP contribution in [-0.4, -0.2) is 64.9 Å². The Hall–Kier alpha value is -3.82. The molecule has 1 spiro atoms. The second-order valence-corrected chi connectivity index (χ2v) is 10.5. The number of likely N-dealkylation sites (tertiary alicyclic amines) is 1. The van der Waals surface area contributed by atoms with Gasteiger partial charge in [-0.3, -0.25) is 4.98 Å². The van der Waals surface area contributed by atoms with Gasteiger partial charge in [0, 0.05) is 50.5 Å². The summed E-state index contributed by atoms with van der Waals surface area (Å²) in [7, 11) is 1.63. The standard InChI is InChI=1S/C30H33N3O6/c1-36-22-7-8-26-25(16-22)24(9-12-31-26)27(34)17-32-13-10-30(11-14-32)20-33(29(35)39-30)28-19-37-18-23(38-28)15-21-5-3-2-4-6-21/h2-3,5,7-9,12,16,18-19,27,34H,4,6,10-11,13-15,17,20H2,1H3. The highest BCUT2D eigenvalue weighted by atomic mass is 16.6. The van der Waals surface area contributed by atoms with Crippen LogP contribution < -0.4 is 4.74 Å². The van der Waals surface area contributed by atoms with E-state index in [4.69, 9.17) is 18.9 Å². The van der Waals surface area contributed by atoms with Crippen molar-refractivity contribution in [3.8, 4) is 5.75 Å². The molecule has 1 N–H and O–H groups in total. The molecule has 0 bridgehead atoms. The summed E-state index contributed by atoms with van der Waals surface area (Å²) in [5, 5.41) is 12.0. The van der Waals surface area contributed by atoms with Crippen LogP contribution in [0, 0.1) is 0 Å². The zero-order chi connectivity index (χ0) is 26.8. The molecule has 1 amide bonds. The van der Waals surface area contributed by atoms with E-state index in [0.29, 0.717) is 57.1 Å². The number of carbonyl (C=O) groups is 1. The quantitative estimate of drug-likeness (QED) is 0.538. The van der Waals surface area contributed by atoms with E-state index in [9.17, 15) is 9.90 Å². The van der Waals surface area contributed by atoms with Crippen molar-refractivity contribution < 1.29 is 28.8 Å². The third-order valence-electron chi connectivity index (χ3n) is 7.88. The van der Waals surface area contributed by atoms with E-state index in [-0.39, 0.29) is 0 Å². The van der Waals surface area contributed by atoms with Gasteiger partial charge in [0.05, 0.1) is 25.3 Å². The number of ether oxygens (including phenoxy) is 4. The Morgan fingerprint density at radius 1 is 1.21 bits per heavy atom. The molecular weight excluding hydrogens is 498 g/mol. The Morgan fingerprint density at radius 2 is 2.08 bits per heavy atom. The Labute approximate surface area is 227 Å². The van der Waals surface area contributed by atoms with Crippen molar-refractivity contribution in [1.29, 1.82) is 0 Å². The van der Waals surface area contributed by atoms with E-state index in [1.54, 1.807) is 19.6 Å². The van der Waals surface area contributed by atoms with Crippen molar-refractivity contribution in [2.24, 2.45) is 0 Å². The highest BCUT2D eigenvalue weighted by Crippen LogP contribution is 2.37. The third-order valence-corrected chi connectivity index (χ3v) is 7.88. The lowest BCUT2D eigenvalue weighted by Crippen LogP contribution is -2.47. The van der Waals surface area contributed by atoms with Gasteiger partial charge in [-0.05, 0) is 42.7 Å². The lowest BCUT2D eigenvalue weighted by atomic mass is 9.91. The van der Waals surface area contributed by atoms with Gasteiger partial charge >= 0.3 is 6.09 Å². The summed E-state index contributed by atoms with van der Waals surface area (Å²) >= 11 is 0. The maximum absolute atomic E-state index is 12.9. The Morgan fingerprint density at radius 3 is 2.87 bits per heavy atom. The molecule has 0 radical (unpaired) electrons. The number of aromatic nitrogens is 1. The molecule has 1 aliphatic carbocycles. The summed E-state index contributed by atoms with van der Waals surface area (Å²) < 4.78 is 22.9. The zero-order valence-electron chi connectivity index (χ0n) is 22.0. The first-order valence-electron chi connectivity index (χ1n) is 13.4. The molecule has 9 heteroatoms. The molecular formula is C30H33N3O6. The van der Waals surface area contributed by atoms with E-state index < -0.39 is 17.8 Å². The minimum atomic E-state index is -0.683. The topological polar surface area (TPSA) is 93.6 Å². The van der Waals surface area contributed by atoms with E-state index in [2.05, 4.69) is 28.1 Å². The van der Waals surface area contributed by atoms with Crippen molar-refractivity contribution in [3.05, 3.63) is 84.0 Å².